The van der Waals surface area contributed by atoms with Gasteiger partial charge < -0.3 is 4.90 Å². The molecule has 8 aromatic rings. The van der Waals surface area contributed by atoms with Gasteiger partial charge in [0.2, 0.25) is 0 Å². The molecule has 0 atom stereocenters. The van der Waals surface area contributed by atoms with Crippen molar-refractivity contribution in [3.63, 3.8) is 0 Å². The van der Waals surface area contributed by atoms with Gasteiger partial charge in [-0.25, -0.2) is 0 Å². The maximum absolute atomic E-state index is 2.44. The number of anilines is 3. The molecule has 0 unspecified atom stereocenters. The standard InChI is InChI=1S/C47H33N/c1-3-11-33(12-4-1)36-21-25-41(26-22-36)48(42-27-23-37(24-28-42)34-13-5-2-6-14-34)46-30-29-44-43-18-10-9-17-39(43)32-45(44)47(46)40-20-19-35-15-7-8-16-38(35)31-40/h1-31H,32H2. The van der Waals surface area contributed by atoms with E-state index < -0.39 is 0 Å². The summed E-state index contributed by atoms with van der Waals surface area (Å²) in [6, 6.07) is 68.4. The molecule has 0 radical (unpaired) electrons. The summed E-state index contributed by atoms with van der Waals surface area (Å²) in [5.74, 6) is 0. The Morgan fingerprint density at radius 2 is 0.875 bits per heavy atom. The van der Waals surface area contributed by atoms with Crippen molar-refractivity contribution in [2.75, 3.05) is 4.90 Å². The lowest BCUT2D eigenvalue weighted by Gasteiger charge is -2.30. The van der Waals surface area contributed by atoms with Gasteiger partial charge in [-0.1, -0.05) is 152 Å². The van der Waals surface area contributed by atoms with E-state index in [4.69, 9.17) is 0 Å². The van der Waals surface area contributed by atoms with Gasteiger partial charge in [0.05, 0.1) is 5.69 Å². The van der Waals surface area contributed by atoms with E-state index in [9.17, 15) is 0 Å². The topological polar surface area (TPSA) is 3.24 Å². The fraction of sp³-hybridized carbons (Fsp3) is 0.0213. The molecule has 0 N–H and O–H groups in total. The van der Waals surface area contributed by atoms with Crippen LogP contribution in [0.1, 0.15) is 11.1 Å². The van der Waals surface area contributed by atoms with E-state index in [1.807, 2.05) is 0 Å². The first-order chi connectivity index (χ1) is 23.8. The van der Waals surface area contributed by atoms with Crippen molar-refractivity contribution in [1.82, 2.24) is 0 Å². The average Bonchev–Trinajstić information content (AvgIpc) is 3.55. The first-order valence-electron chi connectivity index (χ1n) is 16.6. The molecule has 1 aliphatic carbocycles. The molecule has 1 nitrogen and oxygen atoms in total. The van der Waals surface area contributed by atoms with Crippen LogP contribution in [0.25, 0.3) is 55.3 Å². The first kappa shape index (κ1) is 28.1. The number of nitrogens with zero attached hydrogens (tertiary/aromatic N) is 1. The Labute approximate surface area is 282 Å². The van der Waals surface area contributed by atoms with Crippen LogP contribution < -0.4 is 4.90 Å². The molecule has 0 heterocycles. The lowest BCUT2D eigenvalue weighted by molar-refractivity contribution is 1.23. The number of rotatable bonds is 6. The molecule has 0 amide bonds. The lowest BCUT2D eigenvalue weighted by atomic mass is 9.91. The molecule has 0 saturated carbocycles. The highest BCUT2D eigenvalue weighted by molar-refractivity contribution is 5.98. The van der Waals surface area contributed by atoms with Crippen molar-refractivity contribution in [1.29, 1.82) is 0 Å². The summed E-state index contributed by atoms with van der Waals surface area (Å²) in [4.78, 5) is 2.44. The molecule has 1 heteroatoms. The summed E-state index contributed by atoms with van der Waals surface area (Å²) >= 11 is 0. The average molecular weight is 612 g/mol. The Balaban J connectivity index is 1.26. The van der Waals surface area contributed by atoms with Crippen molar-refractivity contribution in [2.24, 2.45) is 0 Å². The zero-order chi connectivity index (χ0) is 31.9. The van der Waals surface area contributed by atoms with Crippen molar-refractivity contribution >= 4 is 27.8 Å². The fourth-order valence-corrected chi connectivity index (χ4v) is 7.35. The minimum absolute atomic E-state index is 0.912. The lowest BCUT2D eigenvalue weighted by Crippen LogP contribution is -2.12. The van der Waals surface area contributed by atoms with Crippen LogP contribution in [0.3, 0.4) is 0 Å². The third kappa shape index (κ3) is 4.98. The third-order valence-corrected chi connectivity index (χ3v) is 9.71. The Morgan fingerprint density at radius 3 is 1.52 bits per heavy atom. The molecule has 0 saturated heterocycles. The molecule has 0 aliphatic heterocycles. The predicted molar refractivity (Wildman–Crippen MR) is 203 cm³/mol. The van der Waals surface area contributed by atoms with E-state index in [2.05, 4.69) is 193 Å². The maximum atomic E-state index is 2.44. The van der Waals surface area contributed by atoms with E-state index in [1.54, 1.807) is 0 Å². The predicted octanol–water partition coefficient (Wildman–Crippen LogP) is 12.9. The van der Waals surface area contributed by atoms with Crippen LogP contribution in [-0.2, 0) is 6.42 Å². The highest BCUT2D eigenvalue weighted by Gasteiger charge is 2.27. The van der Waals surface area contributed by atoms with Gasteiger partial charge in [0, 0.05) is 16.9 Å². The van der Waals surface area contributed by atoms with Gasteiger partial charge in [-0.3, -0.25) is 0 Å². The maximum Gasteiger partial charge on any atom is 0.0543 e. The molecule has 0 bridgehead atoms. The van der Waals surface area contributed by atoms with Gasteiger partial charge in [-0.05, 0) is 104 Å². The van der Waals surface area contributed by atoms with Gasteiger partial charge in [0.25, 0.3) is 0 Å². The van der Waals surface area contributed by atoms with Crippen LogP contribution in [0, 0.1) is 0 Å². The van der Waals surface area contributed by atoms with Crippen molar-refractivity contribution in [2.45, 2.75) is 6.42 Å². The normalized spacial score (nSPS) is 11.7. The summed E-state index contributed by atoms with van der Waals surface area (Å²) in [5.41, 5.74) is 16.2. The molecule has 0 fully saturated rings. The number of fused-ring (bicyclic) bond motifs is 4. The Morgan fingerprint density at radius 1 is 0.354 bits per heavy atom. The summed E-state index contributed by atoms with van der Waals surface area (Å²) in [5, 5.41) is 2.50. The molecule has 48 heavy (non-hydrogen) atoms. The van der Waals surface area contributed by atoms with E-state index in [-0.39, 0.29) is 0 Å². The van der Waals surface area contributed by atoms with Gasteiger partial charge in [0.15, 0.2) is 0 Å². The van der Waals surface area contributed by atoms with Crippen LogP contribution in [0.15, 0.2) is 188 Å². The van der Waals surface area contributed by atoms with Crippen LogP contribution in [0.5, 0.6) is 0 Å². The summed E-state index contributed by atoms with van der Waals surface area (Å²) in [6.45, 7) is 0. The number of hydrogen-bond acceptors (Lipinski definition) is 1. The van der Waals surface area contributed by atoms with E-state index in [0.717, 1.165) is 17.8 Å². The Kier molecular flexibility index (Phi) is 6.95. The monoisotopic (exact) mass is 611 g/mol. The highest BCUT2D eigenvalue weighted by Crippen LogP contribution is 2.49. The smallest absolute Gasteiger partial charge is 0.0543 e. The van der Waals surface area contributed by atoms with Gasteiger partial charge in [-0.2, -0.15) is 0 Å². The van der Waals surface area contributed by atoms with Crippen LogP contribution in [0.2, 0.25) is 0 Å². The van der Waals surface area contributed by atoms with Gasteiger partial charge in [0.1, 0.15) is 0 Å². The molecule has 9 rings (SSSR count). The van der Waals surface area contributed by atoms with Crippen molar-refractivity contribution < 1.29 is 0 Å². The second-order valence-electron chi connectivity index (χ2n) is 12.5. The second kappa shape index (κ2) is 11.9. The molecule has 1 aliphatic rings. The quantitative estimate of drug-likeness (QED) is 0.181. The minimum Gasteiger partial charge on any atom is -0.310 e. The van der Waals surface area contributed by atoms with Crippen molar-refractivity contribution in [3.05, 3.63) is 199 Å². The van der Waals surface area contributed by atoms with Gasteiger partial charge in [-0.15, -0.1) is 0 Å². The zero-order valence-corrected chi connectivity index (χ0v) is 26.6. The van der Waals surface area contributed by atoms with Crippen LogP contribution in [0.4, 0.5) is 17.1 Å². The molecular formula is C47H33N. The Hall–Kier alpha value is -6.18. The Bertz CT molecular complexity index is 2310. The third-order valence-electron chi connectivity index (χ3n) is 9.71. The summed E-state index contributed by atoms with van der Waals surface area (Å²) in [7, 11) is 0. The molecule has 226 valence electrons. The SMILES string of the molecule is c1ccc(-c2ccc(N(c3ccc(-c4ccccc4)cc3)c3ccc4c(c3-c3ccc5ccccc5c3)Cc3ccccc3-4)cc2)cc1. The largest absolute Gasteiger partial charge is 0.310 e. The molecular weight excluding hydrogens is 579 g/mol. The summed E-state index contributed by atoms with van der Waals surface area (Å²) < 4.78 is 0. The number of benzene rings is 8. The first-order valence-corrected chi connectivity index (χ1v) is 16.6. The summed E-state index contributed by atoms with van der Waals surface area (Å²) in [6.07, 6.45) is 0.912. The fourth-order valence-electron chi connectivity index (χ4n) is 7.35. The van der Waals surface area contributed by atoms with Gasteiger partial charge >= 0.3 is 0 Å². The highest BCUT2D eigenvalue weighted by atomic mass is 15.1. The molecule has 8 aromatic carbocycles. The van der Waals surface area contributed by atoms with Crippen LogP contribution >= 0.6 is 0 Å². The van der Waals surface area contributed by atoms with E-state index in [0.29, 0.717) is 0 Å². The van der Waals surface area contributed by atoms with E-state index >= 15 is 0 Å². The zero-order valence-electron chi connectivity index (χ0n) is 26.6. The minimum atomic E-state index is 0.912. The van der Waals surface area contributed by atoms with Crippen molar-refractivity contribution in [3.8, 4) is 44.5 Å². The van der Waals surface area contributed by atoms with E-state index in [1.165, 1.54) is 72.1 Å². The van der Waals surface area contributed by atoms with Crippen LogP contribution in [-0.4, -0.2) is 0 Å². The molecule has 0 aromatic heterocycles. The number of hydrogen-bond donors (Lipinski definition) is 0. The second-order valence-corrected chi connectivity index (χ2v) is 12.5. The molecule has 0 spiro atoms.